The standard InChI is InChI=1S/C22H29NO3/c1-5-20(26-21-13-6-9-16(2)17(21)3)22(24)23-14-8-11-18-10-7-12-19(15-18)25-4/h6-7,9-10,12-13,15,20H,5,8,11,14H2,1-4H3,(H,23,24)/t20-/m1/s1. The Morgan fingerprint density at radius 1 is 1.15 bits per heavy atom. The van der Waals surface area contributed by atoms with Crippen LogP contribution in [-0.4, -0.2) is 25.7 Å². The molecule has 1 atom stereocenters. The zero-order chi connectivity index (χ0) is 18.9. The number of rotatable bonds is 9. The highest BCUT2D eigenvalue weighted by atomic mass is 16.5. The van der Waals surface area contributed by atoms with Crippen molar-refractivity contribution < 1.29 is 14.3 Å². The molecule has 0 aromatic heterocycles. The van der Waals surface area contributed by atoms with Crippen LogP contribution in [0.5, 0.6) is 11.5 Å². The Balaban J connectivity index is 1.82. The molecule has 0 spiro atoms. The predicted octanol–water partition coefficient (Wildman–Crippen LogP) is 4.22. The summed E-state index contributed by atoms with van der Waals surface area (Å²) < 4.78 is 11.2. The molecule has 0 aliphatic carbocycles. The van der Waals surface area contributed by atoms with Crippen LogP contribution in [0.25, 0.3) is 0 Å². The second-order valence-electron chi connectivity index (χ2n) is 6.46. The van der Waals surface area contributed by atoms with Gasteiger partial charge in [0.2, 0.25) is 0 Å². The van der Waals surface area contributed by atoms with Gasteiger partial charge in [0.15, 0.2) is 6.10 Å². The molecular weight excluding hydrogens is 326 g/mol. The Labute approximate surface area is 156 Å². The third kappa shape index (κ3) is 5.51. The minimum Gasteiger partial charge on any atom is -0.497 e. The van der Waals surface area contributed by atoms with Gasteiger partial charge in [-0.15, -0.1) is 0 Å². The molecule has 0 fully saturated rings. The fourth-order valence-electron chi connectivity index (χ4n) is 2.77. The number of amides is 1. The van der Waals surface area contributed by atoms with Crippen LogP contribution < -0.4 is 14.8 Å². The van der Waals surface area contributed by atoms with Crippen LogP contribution >= 0.6 is 0 Å². The molecule has 26 heavy (non-hydrogen) atoms. The van der Waals surface area contributed by atoms with Crippen LogP contribution in [0.4, 0.5) is 0 Å². The molecule has 4 nitrogen and oxygen atoms in total. The van der Waals surface area contributed by atoms with Gasteiger partial charge >= 0.3 is 0 Å². The average molecular weight is 355 g/mol. The quantitative estimate of drug-likeness (QED) is 0.685. The monoisotopic (exact) mass is 355 g/mol. The highest BCUT2D eigenvalue weighted by Gasteiger charge is 2.18. The molecule has 0 aliphatic rings. The van der Waals surface area contributed by atoms with Crippen molar-refractivity contribution in [2.45, 2.75) is 46.1 Å². The molecule has 4 heteroatoms. The smallest absolute Gasteiger partial charge is 0.261 e. The van der Waals surface area contributed by atoms with Crippen molar-refractivity contribution in [1.29, 1.82) is 0 Å². The third-order valence-electron chi connectivity index (χ3n) is 4.56. The molecule has 0 heterocycles. The van der Waals surface area contributed by atoms with Crippen LogP contribution in [0.15, 0.2) is 42.5 Å². The van der Waals surface area contributed by atoms with Gasteiger partial charge in [-0.2, -0.15) is 0 Å². The third-order valence-corrected chi connectivity index (χ3v) is 4.56. The van der Waals surface area contributed by atoms with Gasteiger partial charge in [-0.3, -0.25) is 4.79 Å². The van der Waals surface area contributed by atoms with E-state index in [4.69, 9.17) is 9.47 Å². The zero-order valence-corrected chi connectivity index (χ0v) is 16.2. The number of carbonyl (C=O) groups excluding carboxylic acids is 1. The molecule has 0 saturated carbocycles. The van der Waals surface area contributed by atoms with Crippen LogP contribution in [0.1, 0.15) is 36.5 Å². The van der Waals surface area contributed by atoms with Crippen molar-refractivity contribution in [3.05, 3.63) is 59.2 Å². The summed E-state index contributed by atoms with van der Waals surface area (Å²) in [4.78, 5) is 12.4. The van der Waals surface area contributed by atoms with Gasteiger partial charge < -0.3 is 14.8 Å². The predicted molar refractivity (Wildman–Crippen MR) is 105 cm³/mol. The normalized spacial score (nSPS) is 11.7. The summed E-state index contributed by atoms with van der Waals surface area (Å²) in [5.41, 5.74) is 3.45. The molecule has 1 N–H and O–H groups in total. The van der Waals surface area contributed by atoms with E-state index in [0.29, 0.717) is 13.0 Å². The molecule has 0 bridgehead atoms. The second kappa shape index (κ2) is 9.85. The van der Waals surface area contributed by atoms with Gasteiger partial charge in [-0.25, -0.2) is 0 Å². The molecule has 1 amide bonds. The summed E-state index contributed by atoms with van der Waals surface area (Å²) >= 11 is 0. The van der Waals surface area contributed by atoms with E-state index in [-0.39, 0.29) is 5.91 Å². The number of hydrogen-bond donors (Lipinski definition) is 1. The molecule has 0 radical (unpaired) electrons. The Bertz CT molecular complexity index is 727. The number of aryl methyl sites for hydroxylation is 2. The molecule has 0 aliphatic heterocycles. The Hall–Kier alpha value is -2.49. The number of benzene rings is 2. The lowest BCUT2D eigenvalue weighted by Gasteiger charge is -2.19. The first-order chi connectivity index (χ1) is 12.5. The molecule has 2 rings (SSSR count). The van der Waals surface area contributed by atoms with Gasteiger partial charge in [-0.1, -0.05) is 31.2 Å². The van der Waals surface area contributed by atoms with E-state index in [0.717, 1.165) is 35.5 Å². The van der Waals surface area contributed by atoms with E-state index < -0.39 is 6.10 Å². The minimum absolute atomic E-state index is 0.0564. The highest BCUT2D eigenvalue weighted by molar-refractivity contribution is 5.81. The number of nitrogens with one attached hydrogen (secondary N) is 1. The van der Waals surface area contributed by atoms with E-state index in [1.807, 2.05) is 57.2 Å². The first-order valence-corrected chi connectivity index (χ1v) is 9.18. The SMILES string of the molecule is CC[C@@H](Oc1cccc(C)c1C)C(=O)NCCCc1cccc(OC)c1. The van der Waals surface area contributed by atoms with Crippen molar-refractivity contribution in [3.8, 4) is 11.5 Å². The fourth-order valence-corrected chi connectivity index (χ4v) is 2.77. The maximum Gasteiger partial charge on any atom is 0.261 e. The average Bonchev–Trinajstić information content (AvgIpc) is 2.66. The number of ether oxygens (including phenoxy) is 2. The Kier molecular flexibility index (Phi) is 7.52. The van der Waals surface area contributed by atoms with Gasteiger partial charge in [0.1, 0.15) is 11.5 Å². The number of hydrogen-bond acceptors (Lipinski definition) is 3. The second-order valence-corrected chi connectivity index (χ2v) is 6.46. The van der Waals surface area contributed by atoms with Crippen molar-refractivity contribution in [3.63, 3.8) is 0 Å². The van der Waals surface area contributed by atoms with Gasteiger partial charge in [-0.05, 0) is 68.0 Å². The topological polar surface area (TPSA) is 47.6 Å². The highest BCUT2D eigenvalue weighted by Crippen LogP contribution is 2.22. The van der Waals surface area contributed by atoms with Gasteiger partial charge in [0.25, 0.3) is 5.91 Å². The van der Waals surface area contributed by atoms with E-state index in [2.05, 4.69) is 11.4 Å². The lowest BCUT2D eigenvalue weighted by molar-refractivity contribution is -0.128. The molecule has 2 aromatic rings. The molecule has 0 unspecified atom stereocenters. The summed E-state index contributed by atoms with van der Waals surface area (Å²) in [5.74, 6) is 1.59. The summed E-state index contributed by atoms with van der Waals surface area (Å²) in [7, 11) is 1.67. The summed E-state index contributed by atoms with van der Waals surface area (Å²) in [5, 5.41) is 2.99. The van der Waals surface area contributed by atoms with Crippen molar-refractivity contribution in [1.82, 2.24) is 5.32 Å². The Morgan fingerprint density at radius 3 is 2.65 bits per heavy atom. The minimum atomic E-state index is -0.465. The molecule has 0 saturated heterocycles. The summed E-state index contributed by atoms with van der Waals surface area (Å²) in [6.07, 6.45) is 1.94. The number of methoxy groups -OCH3 is 1. The van der Waals surface area contributed by atoms with Crippen LogP contribution in [0.3, 0.4) is 0 Å². The maximum atomic E-state index is 12.4. The van der Waals surface area contributed by atoms with Crippen LogP contribution in [0, 0.1) is 13.8 Å². The zero-order valence-electron chi connectivity index (χ0n) is 16.2. The van der Waals surface area contributed by atoms with E-state index >= 15 is 0 Å². The molecule has 140 valence electrons. The van der Waals surface area contributed by atoms with Crippen LogP contribution in [0.2, 0.25) is 0 Å². The molecule has 2 aromatic carbocycles. The maximum absolute atomic E-state index is 12.4. The lowest BCUT2D eigenvalue weighted by Crippen LogP contribution is -2.38. The first kappa shape index (κ1) is 19.8. The largest absolute Gasteiger partial charge is 0.497 e. The summed E-state index contributed by atoms with van der Waals surface area (Å²) in [6.45, 7) is 6.65. The first-order valence-electron chi connectivity index (χ1n) is 9.18. The van der Waals surface area contributed by atoms with Crippen molar-refractivity contribution in [2.24, 2.45) is 0 Å². The van der Waals surface area contributed by atoms with E-state index in [1.54, 1.807) is 7.11 Å². The Morgan fingerprint density at radius 2 is 1.92 bits per heavy atom. The van der Waals surface area contributed by atoms with E-state index in [9.17, 15) is 4.79 Å². The van der Waals surface area contributed by atoms with Crippen LogP contribution in [-0.2, 0) is 11.2 Å². The number of carbonyl (C=O) groups is 1. The molecular formula is C22H29NO3. The van der Waals surface area contributed by atoms with Gasteiger partial charge in [0, 0.05) is 6.54 Å². The van der Waals surface area contributed by atoms with Crippen molar-refractivity contribution in [2.75, 3.05) is 13.7 Å². The van der Waals surface area contributed by atoms with Gasteiger partial charge in [0.05, 0.1) is 7.11 Å². The lowest BCUT2D eigenvalue weighted by atomic mass is 10.1. The summed E-state index contributed by atoms with van der Waals surface area (Å²) in [6, 6.07) is 13.9. The fraction of sp³-hybridized carbons (Fsp3) is 0.409. The van der Waals surface area contributed by atoms with Crippen molar-refractivity contribution >= 4 is 5.91 Å². The van der Waals surface area contributed by atoms with E-state index in [1.165, 1.54) is 5.56 Å².